The summed E-state index contributed by atoms with van der Waals surface area (Å²) in [6.07, 6.45) is 5.00. The molecule has 0 aromatic heterocycles. The molecular weight excluding hydrogens is 278 g/mol. The van der Waals surface area contributed by atoms with Crippen LogP contribution in [-0.2, 0) is 11.2 Å². The molecule has 0 unspecified atom stereocenters. The highest BCUT2D eigenvalue weighted by Crippen LogP contribution is 2.28. The monoisotopic (exact) mass is 305 g/mol. The van der Waals surface area contributed by atoms with Crippen molar-refractivity contribution in [2.24, 2.45) is 5.92 Å². The molecule has 1 aromatic carbocycles. The molecule has 22 heavy (non-hydrogen) atoms. The number of carbonyl (C=O) groups excluding carboxylic acids is 1. The highest BCUT2D eigenvalue weighted by molar-refractivity contribution is 5.79. The first-order valence-electron chi connectivity index (χ1n) is 8.01. The topological polar surface area (TPSA) is 38.8 Å². The van der Waals surface area contributed by atoms with Gasteiger partial charge < -0.3 is 14.4 Å². The van der Waals surface area contributed by atoms with E-state index in [0.29, 0.717) is 12.5 Å². The fraction of sp³-hybridized carbons (Fsp3) is 0.611. The van der Waals surface area contributed by atoms with Gasteiger partial charge in [-0.3, -0.25) is 4.79 Å². The lowest BCUT2D eigenvalue weighted by molar-refractivity contribution is -0.132. The van der Waals surface area contributed by atoms with E-state index in [2.05, 4.69) is 6.92 Å². The largest absolute Gasteiger partial charge is 0.497 e. The minimum atomic E-state index is 0.145. The summed E-state index contributed by atoms with van der Waals surface area (Å²) in [5.74, 6) is 2.42. The summed E-state index contributed by atoms with van der Waals surface area (Å²) in [5, 5.41) is 0. The van der Waals surface area contributed by atoms with Crippen molar-refractivity contribution in [2.45, 2.75) is 45.1 Å². The molecule has 4 nitrogen and oxygen atoms in total. The maximum Gasteiger partial charge on any atom is 0.227 e. The summed E-state index contributed by atoms with van der Waals surface area (Å²) in [6.45, 7) is 2.29. The molecule has 1 aliphatic carbocycles. The van der Waals surface area contributed by atoms with Gasteiger partial charge in [-0.2, -0.15) is 0 Å². The summed E-state index contributed by atoms with van der Waals surface area (Å²) in [7, 11) is 5.18. The van der Waals surface area contributed by atoms with Gasteiger partial charge in [-0.05, 0) is 49.8 Å². The molecule has 0 N–H and O–H groups in total. The molecule has 1 fully saturated rings. The van der Waals surface area contributed by atoms with Crippen LogP contribution in [0.25, 0.3) is 0 Å². The number of rotatable bonds is 5. The number of hydrogen-bond acceptors (Lipinski definition) is 3. The van der Waals surface area contributed by atoms with Crippen LogP contribution in [0.4, 0.5) is 0 Å². The molecule has 1 aromatic rings. The first-order valence-corrected chi connectivity index (χ1v) is 8.01. The third-order valence-electron chi connectivity index (χ3n) is 4.76. The fourth-order valence-electron chi connectivity index (χ4n) is 3.14. The Morgan fingerprint density at radius 3 is 2.45 bits per heavy atom. The standard InChI is InChI=1S/C18H27NO3/c1-13-5-7-15(8-6-13)19(2)18(20)12-14-11-16(21-3)9-10-17(14)22-4/h9-11,13,15H,5-8,12H2,1-4H3. The highest BCUT2D eigenvalue weighted by atomic mass is 16.5. The number of amides is 1. The Bertz CT molecular complexity index is 507. The normalized spacial score (nSPS) is 21.3. The van der Waals surface area contributed by atoms with Crippen LogP contribution in [0.2, 0.25) is 0 Å². The lowest BCUT2D eigenvalue weighted by atomic mass is 9.86. The maximum atomic E-state index is 12.6. The molecule has 0 radical (unpaired) electrons. The van der Waals surface area contributed by atoms with Gasteiger partial charge in [0.25, 0.3) is 0 Å². The SMILES string of the molecule is COc1ccc(OC)c(CC(=O)N(C)C2CCC(C)CC2)c1. The van der Waals surface area contributed by atoms with E-state index in [4.69, 9.17) is 9.47 Å². The Hall–Kier alpha value is -1.71. The lowest BCUT2D eigenvalue weighted by Crippen LogP contribution is -2.40. The Morgan fingerprint density at radius 1 is 1.18 bits per heavy atom. The van der Waals surface area contributed by atoms with Crippen molar-refractivity contribution in [1.29, 1.82) is 0 Å². The predicted molar refractivity (Wildman–Crippen MR) is 87.4 cm³/mol. The van der Waals surface area contributed by atoms with Gasteiger partial charge in [0.15, 0.2) is 0 Å². The number of benzene rings is 1. The van der Waals surface area contributed by atoms with Crippen LogP contribution >= 0.6 is 0 Å². The first kappa shape index (κ1) is 16.7. The molecule has 0 atom stereocenters. The predicted octanol–water partition coefficient (Wildman–Crippen LogP) is 3.28. The molecule has 1 amide bonds. The third kappa shape index (κ3) is 3.93. The second kappa shape index (κ2) is 7.52. The van der Waals surface area contributed by atoms with Gasteiger partial charge in [0.2, 0.25) is 5.91 Å². The van der Waals surface area contributed by atoms with Crippen LogP contribution in [0.3, 0.4) is 0 Å². The Balaban J connectivity index is 2.04. The van der Waals surface area contributed by atoms with Crippen LogP contribution in [0.1, 0.15) is 38.2 Å². The Morgan fingerprint density at radius 2 is 1.86 bits per heavy atom. The Labute approximate surface area is 133 Å². The molecule has 1 aliphatic rings. The molecule has 0 aliphatic heterocycles. The van der Waals surface area contributed by atoms with Crippen molar-refractivity contribution in [3.63, 3.8) is 0 Å². The average Bonchev–Trinajstić information content (AvgIpc) is 2.54. The minimum absolute atomic E-state index is 0.145. The van der Waals surface area contributed by atoms with Crippen molar-refractivity contribution in [3.05, 3.63) is 23.8 Å². The number of carbonyl (C=O) groups is 1. The van der Waals surface area contributed by atoms with Gasteiger partial charge in [-0.25, -0.2) is 0 Å². The zero-order chi connectivity index (χ0) is 16.1. The maximum absolute atomic E-state index is 12.6. The number of nitrogens with zero attached hydrogens (tertiary/aromatic N) is 1. The van der Waals surface area contributed by atoms with Gasteiger partial charge in [0.1, 0.15) is 11.5 Å². The van der Waals surface area contributed by atoms with Crippen molar-refractivity contribution < 1.29 is 14.3 Å². The molecule has 122 valence electrons. The van der Waals surface area contributed by atoms with E-state index >= 15 is 0 Å². The van der Waals surface area contributed by atoms with Gasteiger partial charge in [0, 0.05) is 18.7 Å². The van der Waals surface area contributed by atoms with Crippen molar-refractivity contribution >= 4 is 5.91 Å². The lowest BCUT2D eigenvalue weighted by Gasteiger charge is -2.33. The van der Waals surface area contributed by atoms with E-state index in [1.807, 2.05) is 30.1 Å². The van der Waals surface area contributed by atoms with Crippen LogP contribution in [-0.4, -0.2) is 38.1 Å². The van der Waals surface area contributed by atoms with Crippen LogP contribution < -0.4 is 9.47 Å². The fourth-order valence-corrected chi connectivity index (χ4v) is 3.14. The van der Waals surface area contributed by atoms with E-state index < -0.39 is 0 Å². The summed E-state index contributed by atoms with van der Waals surface area (Å²) in [4.78, 5) is 14.5. The van der Waals surface area contributed by atoms with Gasteiger partial charge >= 0.3 is 0 Å². The first-order chi connectivity index (χ1) is 10.5. The highest BCUT2D eigenvalue weighted by Gasteiger charge is 2.25. The number of ether oxygens (including phenoxy) is 2. The zero-order valence-corrected chi connectivity index (χ0v) is 14.1. The second-order valence-electron chi connectivity index (χ2n) is 6.27. The van der Waals surface area contributed by atoms with E-state index in [0.717, 1.165) is 35.8 Å². The average molecular weight is 305 g/mol. The molecule has 1 saturated carbocycles. The molecule has 0 bridgehead atoms. The van der Waals surface area contributed by atoms with E-state index in [1.54, 1.807) is 14.2 Å². The van der Waals surface area contributed by atoms with E-state index in [9.17, 15) is 4.79 Å². The van der Waals surface area contributed by atoms with Crippen LogP contribution in [0.15, 0.2) is 18.2 Å². The molecule has 2 rings (SSSR count). The zero-order valence-electron chi connectivity index (χ0n) is 14.1. The Kier molecular flexibility index (Phi) is 5.69. The molecule has 0 heterocycles. The van der Waals surface area contributed by atoms with Gasteiger partial charge in [0.05, 0.1) is 20.6 Å². The van der Waals surface area contributed by atoms with Gasteiger partial charge in [-0.1, -0.05) is 6.92 Å². The number of methoxy groups -OCH3 is 2. The molecule has 4 heteroatoms. The summed E-state index contributed by atoms with van der Waals surface area (Å²) in [6, 6.07) is 5.95. The second-order valence-corrected chi connectivity index (χ2v) is 6.27. The quantitative estimate of drug-likeness (QED) is 0.838. The number of hydrogen-bond donors (Lipinski definition) is 0. The summed E-state index contributed by atoms with van der Waals surface area (Å²) in [5.41, 5.74) is 0.878. The van der Waals surface area contributed by atoms with Crippen LogP contribution in [0, 0.1) is 5.92 Å². The third-order valence-corrected chi connectivity index (χ3v) is 4.76. The summed E-state index contributed by atoms with van der Waals surface area (Å²) >= 11 is 0. The number of likely N-dealkylation sites (N-methyl/N-ethyl adjacent to an activating group) is 1. The molecule has 0 saturated heterocycles. The van der Waals surface area contributed by atoms with Crippen molar-refractivity contribution in [2.75, 3.05) is 21.3 Å². The van der Waals surface area contributed by atoms with Crippen molar-refractivity contribution in [3.8, 4) is 11.5 Å². The van der Waals surface area contributed by atoms with E-state index in [-0.39, 0.29) is 5.91 Å². The van der Waals surface area contributed by atoms with Gasteiger partial charge in [-0.15, -0.1) is 0 Å². The summed E-state index contributed by atoms with van der Waals surface area (Å²) < 4.78 is 10.6. The smallest absolute Gasteiger partial charge is 0.227 e. The van der Waals surface area contributed by atoms with Crippen LogP contribution in [0.5, 0.6) is 11.5 Å². The van der Waals surface area contributed by atoms with E-state index in [1.165, 1.54) is 12.8 Å². The molecule has 0 spiro atoms. The minimum Gasteiger partial charge on any atom is -0.497 e. The van der Waals surface area contributed by atoms with Crippen molar-refractivity contribution in [1.82, 2.24) is 4.90 Å². The molecular formula is C18H27NO3.